The SMILES string of the molecule is POCc1ccccn1. The molecule has 0 aliphatic heterocycles. The molecule has 0 saturated carbocycles. The van der Waals surface area contributed by atoms with Crippen LogP contribution in [-0.4, -0.2) is 4.98 Å². The maximum atomic E-state index is 4.78. The first-order chi connectivity index (χ1) is 4.43. The van der Waals surface area contributed by atoms with Crippen molar-refractivity contribution in [3.05, 3.63) is 30.1 Å². The fourth-order valence-electron chi connectivity index (χ4n) is 0.569. The van der Waals surface area contributed by atoms with E-state index >= 15 is 0 Å². The first kappa shape index (κ1) is 6.66. The van der Waals surface area contributed by atoms with Gasteiger partial charge in [0.15, 0.2) is 0 Å². The van der Waals surface area contributed by atoms with Crippen molar-refractivity contribution in [3.63, 3.8) is 0 Å². The second-order valence-electron chi connectivity index (χ2n) is 1.63. The Morgan fingerprint density at radius 2 is 2.44 bits per heavy atom. The highest BCUT2D eigenvalue weighted by Gasteiger charge is 1.86. The van der Waals surface area contributed by atoms with E-state index < -0.39 is 0 Å². The third-order valence-corrected chi connectivity index (χ3v) is 1.12. The lowest BCUT2D eigenvalue weighted by atomic mass is 10.4. The largest absolute Gasteiger partial charge is 0.359 e. The molecule has 0 aromatic carbocycles. The summed E-state index contributed by atoms with van der Waals surface area (Å²) in [6, 6.07) is 5.74. The van der Waals surface area contributed by atoms with Crippen LogP contribution in [0.2, 0.25) is 0 Å². The number of aromatic nitrogens is 1. The number of pyridine rings is 1. The summed E-state index contributed by atoms with van der Waals surface area (Å²) in [5.41, 5.74) is 0.951. The second-order valence-corrected chi connectivity index (χ2v) is 1.97. The molecule has 1 rings (SSSR count). The third kappa shape index (κ3) is 2.08. The van der Waals surface area contributed by atoms with Crippen LogP contribution in [0.3, 0.4) is 0 Å². The van der Waals surface area contributed by atoms with Gasteiger partial charge in [0.2, 0.25) is 0 Å². The second kappa shape index (κ2) is 3.54. The fourth-order valence-corrected chi connectivity index (χ4v) is 0.740. The Bertz CT molecular complexity index is 166. The van der Waals surface area contributed by atoms with Crippen molar-refractivity contribution < 1.29 is 4.52 Å². The molecule has 0 radical (unpaired) electrons. The monoisotopic (exact) mass is 141 g/mol. The molecule has 9 heavy (non-hydrogen) atoms. The Hall–Kier alpha value is -0.460. The number of hydrogen-bond acceptors (Lipinski definition) is 2. The van der Waals surface area contributed by atoms with Crippen LogP contribution >= 0.6 is 9.47 Å². The van der Waals surface area contributed by atoms with Crippen molar-refractivity contribution >= 4 is 9.47 Å². The zero-order valence-electron chi connectivity index (χ0n) is 4.95. The Kier molecular flexibility index (Phi) is 2.62. The summed E-state index contributed by atoms with van der Waals surface area (Å²) in [6.07, 6.45) is 1.75. The summed E-state index contributed by atoms with van der Waals surface area (Å²) >= 11 is 0. The van der Waals surface area contributed by atoms with Crippen LogP contribution in [0, 0.1) is 0 Å². The molecule has 0 bridgehead atoms. The number of nitrogens with zero attached hydrogens (tertiary/aromatic N) is 1. The Morgan fingerprint density at radius 1 is 1.56 bits per heavy atom. The summed E-state index contributed by atoms with van der Waals surface area (Å²) in [7, 11) is 2.19. The highest BCUT2D eigenvalue weighted by molar-refractivity contribution is 7.09. The first-order valence-corrected chi connectivity index (χ1v) is 3.12. The van der Waals surface area contributed by atoms with E-state index in [9.17, 15) is 0 Å². The van der Waals surface area contributed by atoms with Gasteiger partial charge in [-0.05, 0) is 12.1 Å². The molecule has 0 saturated heterocycles. The maximum Gasteiger partial charge on any atom is 0.0923 e. The van der Waals surface area contributed by atoms with Gasteiger partial charge in [0.25, 0.3) is 0 Å². The average molecular weight is 141 g/mol. The van der Waals surface area contributed by atoms with Gasteiger partial charge < -0.3 is 4.52 Å². The number of hydrogen-bond donors (Lipinski definition) is 0. The summed E-state index contributed by atoms with van der Waals surface area (Å²) < 4.78 is 4.78. The average Bonchev–Trinajstić information content (AvgIpc) is 1.91. The van der Waals surface area contributed by atoms with Crippen molar-refractivity contribution in [1.82, 2.24) is 4.98 Å². The fraction of sp³-hybridized carbons (Fsp3) is 0.167. The zero-order chi connectivity index (χ0) is 6.53. The standard InChI is InChI=1S/C6H8NOP/c9-8-5-6-3-1-2-4-7-6/h1-4H,5,9H2. The van der Waals surface area contributed by atoms with Gasteiger partial charge in [-0.2, -0.15) is 0 Å². The lowest BCUT2D eigenvalue weighted by molar-refractivity contribution is 0.355. The molecule has 0 fully saturated rings. The van der Waals surface area contributed by atoms with Gasteiger partial charge in [-0.3, -0.25) is 4.98 Å². The lowest BCUT2D eigenvalue weighted by Gasteiger charge is -1.94. The summed E-state index contributed by atoms with van der Waals surface area (Å²) in [6.45, 7) is 0.561. The molecule has 0 aliphatic rings. The summed E-state index contributed by atoms with van der Waals surface area (Å²) in [5.74, 6) is 0. The van der Waals surface area contributed by atoms with E-state index in [4.69, 9.17) is 4.52 Å². The van der Waals surface area contributed by atoms with Crippen LogP contribution in [-0.2, 0) is 11.1 Å². The van der Waals surface area contributed by atoms with Gasteiger partial charge in [-0.1, -0.05) is 6.07 Å². The molecule has 1 atom stereocenters. The van der Waals surface area contributed by atoms with Crippen LogP contribution in [0.4, 0.5) is 0 Å². The molecule has 48 valence electrons. The van der Waals surface area contributed by atoms with Gasteiger partial charge >= 0.3 is 0 Å². The highest BCUT2D eigenvalue weighted by atomic mass is 31.0. The minimum atomic E-state index is 0.561. The van der Waals surface area contributed by atoms with Gasteiger partial charge in [-0.15, -0.1) is 0 Å². The van der Waals surface area contributed by atoms with Crippen LogP contribution in [0.15, 0.2) is 24.4 Å². The number of rotatable bonds is 2. The molecule has 1 aromatic rings. The van der Waals surface area contributed by atoms with E-state index in [-0.39, 0.29) is 0 Å². The smallest absolute Gasteiger partial charge is 0.0923 e. The molecule has 1 aromatic heterocycles. The van der Waals surface area contributed by atoms with E-state index in [1.165, 1.54) is 0 Å². The van der Waals surface area contributed by atoms with Crippen LogP contribution in [0.5, 0.6) is 0 Å². The van der Waals surface area contributed by atoms with Gasteiger partial charge in [-0.25, -0.2) is 0 Å². The molecule has 1 unspecified atom stereocenters. The molecule has 2 nitrogen and oxygen atoms in total. The van der Waals surface area contributed by atoms with E-state index in [0.29, 0.717) is 6.61 Å². The van der Waals surface area contributed by atoms with E-state index in [0.717, 1.165) is 5.69 Å². The Morgan fingerprint density at radius 3 is 3.00 bits per heavy atom. The van der Waals surface area contributed by atoms with Gasteiger partial charge in [0.1, 0.15) is 0 Å². The topological polar surface area (TPSA) is 22.1 Å². The predicted octanol–water partition coefficient (Wildman–Crippen LogP) is 1.39. The van der Waals surface area contributed by atoms with Crippen molar-refractivity contribution in [2.24, 2.45) is 0 Å². The maximum absolute atomic E-state index is 4.78. The highest BCUT2D eigenvalue weighted by Crippen LogP contribution is 1.97. The van der Waals surface area contributed by atoms with E-state index in [2.05, 4.69) is 14.5 Å². The molecule has 1 heterocycles. The molecule has 0 amide bonds. The molecule has 3 heteroatoms. The molecular weight excluding hydrogens is 133 g/mol. The molecule has 0 spiro atoms. The quantitative estimate of drug-likeness (QED) is 0.580. The lowest BCUT2D eigenvalue weighted by Crippen LogP contribution is -1.85. The van der Waals surface area contributed by atoms with Crippen molar-refractivity contribution in [2.75, 3.05) is 0 Å². The van der Waals surface area contributed by atoms with Crippen molar-refractivity contribution in [1.29, 1.82) is 0 Å². The van der Waals surface area contributed by atoms with Crippen molar-refractivity contribution in [2.45, 2.75) is 6.61 Å². The van der Waals surface area contributed by atoms with Crippen molar-refractivity contribution in [3.8, 4) is 0 Å². The van der Waals surface area contributed by atoms with Crippen LogP contribution in [0.1, 0.15) is 5.69 Å². The minimum Gasteiger partial charge on any atom is -0.359 e. The first-order valence-electron chi connectivity index (χ1n) is 2.65. The Balaban J connectivity index is 2.61. The van der Waals surface area contributed by atoms with Crippen LogP contribution < -0.4 is 0 Å². The zero-order valence-corrected chi connectivity index (χ0v) is 6.10. The van der Waals surface area contributed by atoms with E-state index in [1.807, 2.05) is 18.2 Å². The normalized spacial score (nSPS) is 9.44. The summed E-state index contributed by atoms with van der Waals surface area (Å²) in [5, 5.41) is 0. The summed E-state index contributed by atoms with van der Waals surface area (Å²) in [4.78, 5) is 4.03. The van der Waals surface area contributed by atoms with Gasteiger partial charge in [0, 0.05) is 15.7 Å². The molecular formula is C6H8NOP. The molecule has 0 N–H and O–H groups in total. The van der Waals surface area contributed by atoms with Crippen LogP contribution in [0.25, 0.3) is 0 Å². The van der Waals surface area contributed by atoms with E-state index in [1.54, 1.807) is 6.20 Å². The Labute approximate surface area is 56.5 Å². The third-order valence-electron chi connectivity index (χ3n) is 0.957. The predicted molar refractivity (Wildman–Crippen MR) is 38.7 cm³/mol. The minimum absolute atomic E-state index is 0.561. The van der Waals surface area contributed by atoms with Gasteiger partial charge in [0.05, 0.1) is 12.3 Å². The molecule has 0 aliphatic carbocycles.